The number of benzene rings is 2. The van der Waals surface area contributed by atoms with Crippen LogP contribution in [-0.2, 0) is 15.8 Å². The molecular formula is C23H23F4N3O5. The summed E-state index contributed by atoms with van der Waals surface area (Å²) in [5, 5.41) is 7.85. The Labute approximate surface area is 198 Å². The summed E-state index contributed by atoms with van der Waals surface area (Å²) < 4.78 is 56.9. The Morgan fingerprint density at radius 2 is 1.57 bits per heavy atom. The summed E-state index contributed by atoms with van der Waals surface area (Å²) in [7, 11) is 1.42. The standard InChI is InChI=1S/C23H23F4N3O5/c1-22(2)20(32)29(21(33)28(22)3)12-16(19(31)30(27)34)13-35-18-10-6-15(7-11-18)14-4-8-17(9-5-14)23(24,25)26/h4-11,16,34H,12-13H2,1-3H3. The maximum atomic E-state index is 13.2. The van der Waals surface area contributed by atoms with Crippen LogP contribution >= 0.6 is 0 Å². The third-order valence-electron chi connectivity index (χ3n) is 5.91. The molecule has 0 saturated carbocycles. The molecule has 1 saturated heterocycles. The van der Waals surface area contributed by atoms with E-state index in [0.717, 1.165) is 17.0 Å². The number of urea groups is 1. The van der Waals surface area contributed by atoms with Crippen molar-refractivity contribution in [1.29, 1.82) is 0 Å². The molecule has 4 amide bonds. The molecule has 1 aliphatic rings. The highest BCUT2D eigenvalue weighted by Gasteiger charge is 2.50. The second kappa shape index (κ2) is 9.53. The summed E-state index contributed by atoms with van der Waals surface area (Å²) in [5.74, 6) is -3.17. The minimum atomic E-state index is -4.44. The number of carbonyl (C=O) groups excluding carboxylic acids is 3. The van der Waals surface area contributed by atoms with Gasteiger partial charge in [-0.1, -0.05) is 28.7 Å². The van der Waals surface area contributed by atoms with Crippen molar-refractivity contribution in [2.75, 3.05) is 20.2 Å². The van der Waals surface area contributed by atoms with Gasteiger partial charge in [0.2, 0.25) is 0 Å². The van der Waals surface area contributed by atoms with Crippen molar-refractivity contribution in [3.63, 3.8) is 0 Å². The Morgan fingerprint density at radius 3 is 2.00 bits per heavy atom. The first-order chi connectivity index (χ1) is 16.2. The van der Waals surface area contributed by atoms with Crippen molar-refractivity contribution in [2.45, 2.75) is 25.6 Å². The van der Waals surface area contributed by atoms with E-state index in [0.29, 0.717) is 11.1 Å². The van der Waals surface area contributed by atoms with Gasteiger partial charge in [0, 0.05) is 13.6 Å². The van der Waals surface area contributed by atoms with E-state index in [9.17, 15) is 32.0 Å². The van der Waals surface area contributed by atoms with Crippen LogP contribution in [0.1, 0.15) is 19.4 Å². The third-order valence-corrected chi connectivity index (χ3v) is 5.91. The highest BCUT2D eigenvalue weighted by atomic mass is 19.4. The lowest BCUT2D eigenvalue weighted by Crippen LogP contribution is -2.44. The number of amides is 4. The van der Waals surface area contributed by atoms with Crippen molar-refractivity contribution in [2.24, 2.45) is 5.92 Å². The number of hydrogen-bond donors (Lipinski definition) is 1. The highest BCUT2D eigenvalue weighted by molar-refractivity contribution is 6.06. The Hall–Kier alpha value is -3.67. The molecule has 1 atom stereocenters. The summed E-state index contributed by atoms with van der Waals surface area (Å²) in [6.07, 6.45) is -4.44. The maximum absolute atomic E-state index is 13.2. The van der Waals surface area contributed by atoms with E-state index in [1.807, 2.05) is 0 Å². The van der Waals surface area contributed by atoms with Crippen molar-refractivity contribution < 1.29 is 42.0 Å². The zero-order valence-electron chi connectivity index (χ0n) is 19.0. The molecule has 1 aliphatic heterocycles. The van der Waals surface area contributed by atoms with Crippen LogP contribution in [0.15, 0.2) is 48.5 Å². The average molecular weight is 497 g/mol. The first kappa shape index (κ1) is 25.9. The molecule has 0 bridgehead atoms. The number of ether oxygens (including phenoxy) is 1. The van der Waals surface area contributed by atoms with Crippen LogP contribution in [0.4, 0.5) is 22.4 Å². The topological polar surface area (TPSA) is 90.4 Å². The lowest BCUT2D eigenvalue weighted by molar-refractivity contribution is -0.237. The van der Waals surface area contributed by atoms with Crippen LogP contribution in [0.3, 0.4) is 0 Å². The van der Waals surface area contributed by atoms with Gasteiger partial charge in [-0.05, 0) is 54.5 Å². The minimum absolute atomic E-state index is 0.235. The predicted octanol–water partition coefficient (Wildman–Crippen LogP) is 4.14. The van der Waals surface area contributed by atoms with Crippen molar-refractivity contribution in [3.05, 3.63) is 54.1 Å². The van der Waals surface area contributed by atoms with Crippen molar-refractivity contribution >= 4 is 17.8 Å². The van der Waals surface area contributed by atoms with E-state index >= 15 is 0 Å². The van der Waals surface area contributed by atoms with Gasteiger partial charge in [-0.15, -0.1) is 0 Å². The quantitative estimate of drug-likeness (QED) is 0.204. The molecule has 1 heterocycles. The summed E-state index contributed by atoms with van der Waals surface area (Å²) in [6.45, 7) is 2.05. The first-order valence-corrected chi connectivity index (χ1v) is 10.4. The molecule has 0 aromatic heterocycles. The molecule has 1 fully saturated rings. The Bertz CT molecular complexity index is 1100. The molecule has 0 spiro atoms. The van der Waals surface area contributed by atoms with E-state index in [1.165, 1.54) is 50.1 Å². The van der Waals surface area contributed by atoms with E-state index in [-0.39, 0.29) is 5.75 Å². The molecule has 3 rings (SSSR count). The van der Waals surface area contributed by atoms with E-state index < -0.39 is 59.5 Å². The van der Waals surface area contributed by atoms with Crippen LogP contribution in [0.5, 0.6) is 5.75 Å². The van der Waals surface area contributed by atoms with Crippen LogP contribution in [0, 0.1) is 5.92 Å². The molecule has 0 radical (unpaired) electrons. The molecular weight excluding hydrogens is 474 g/mol. The van der Waals surface area contributed by atoms with Crippen LogP contribution < -0.4 is 4.74 Å². The van der Waals surface area contributed by atoms with Crippen molar-refractivity contribution in [1.82, 2.24) is 15.1 Å². The molecule has 0 aliphatic carbocycles. The Kier molecular flexibility index (Phi) is 7.06. The number of hydrogen-bond acceptors (Lipinski definition) is 5. The van der Waals surface area contributed by atoms with Gasteiger partial charge in [0.15, 0.2) is 0 Å². The number of likely N-dealkylation sites (N-methyl/N-ethyl adjacent to an activating group) is 1. The smallest absolute Gasteiger partial charge is 0.416 e. The number of carbonyl (C=O) groups is 3. The second-order valence-electron chi connectivity index (χ2n) is 8.52. The lowest BCUT2D eigenvalue weighted by atomic mass is 10.0. The van der Waals surface area contributed by atoms with Gasteiger partial charge < -0.3 is 9.64 Å². The summed E-state index contributed by atoms with van der Waals surface area (Å²) in [5.41, 5.74) is -0.799. The van der Waals surface area contributed by atoms with Crippen LogP contribution in [-0.4, -0.2) is 63.9 Å². The number of imide groups is 1. The average Bonchev–Trinajstić information content (AvgIpc) is 2.95. The zero-order chi connectivity index (χ0) is 26.1. The fourth-order valence-electron chi connectivity index (χ4n) is 3.51. The molecule has 12 heteroatoms. The molecule has 35 heavy (non-hydrogen) atoms. The number of hydroxylamine groups is 1. The number of alkyl halides is 3. The summed E-state index contributed by atoms with van der Waals surface area (Å²) in [6, 6.07) is 10.0. The van der Waals surface area contributed by atoms with Gasteiger partial charge in [-0.25, -0.2) is 4.79 Å². The highest BCUT2D eigenvalue weighted by Crippen LogP contribution is 2.31. The fraction of sp³-hybridized carbons (Fsp3) is 0.348. The maximum Gasteiger partial charge on any atom is 0.416 e. The molecule has 2 aromatic carbocycles. The number of nitrogens with zero attached hydrogens (tertiary/aromatic N) is 3. The molecule has 2 aromatic rings. The second-order valence-corrected chi connectivity index (χ2v) is 8.52. The number of halogens is 4. The lowest BCUT2D eigenvalue weighted by Gasteiger charge is -2.23. The van der Waals surface area contributed by atoms with Gasteiger partial charge in [-0.2, -0.15) is 13.2 Å². The van der Waals surface area contributed by atoms with E-state index in [2.05, 4.69) is 0 Å². The molecule has 1 unspecified atom stereocenters. The van der Waals surface area contributed by atoms with E-state index in [4.69, 9.17) is 9.94 Å². The van der Waals surface area contributed by atoms with Crippen LogP contribution in [0.2, 0.25) is 0 Å². The Morgan fingerprint density at radius 1 is 1.06 bits per heavy atom. The zero-order valence-corrected chi connectivity index (χ0v) is 19.0. The molecule has 8 nitrogen and oxygen atoms in total. The normalized spacial score (nSPS) is 16.5. The Balaban J connectivity index is 1.71. The van der Waals surface area contributed by atoms with Gasteiger partial charge in [0.1, 0.15) is 17.9 Å². The fourth-order valence-corrected chi connectivity index (χ4v) is 3.51. The van der Waals surface area contributed by atoms with Gasteiger partial charge in [0.25, 0.3) is 11.8 Å². The molecule has 1 N–H and O–H groups in total. The third kappa shape index (κ3) is 5.37. The van der Waals surface area contributed by atoms with Gasteiger partial charge >= 0.3 is 12.2 Å². The molecule has 188 valence electrons. The SMILES string of the molecule is CN1C(=O)N(CC(COc2ccc(-c3ccc(C(F)(F)F)cc3)cc2)C(=O)N(O)F)C(=O)C1(C)C. The largest absolute Gasteiger partial charge is 0.493 e. The van der Waals surface area contributed by atoms with Gasteiger partial charge in [0.05, 0.1) is 11.5 Å². The van der Waals surface area contributed by atoms with Crippen molar-refractivity contribution in [3.8, 4) is 16.9 Å². The summed E-state index contributed by atoms with van der Waals surface area (Å²) >= 11 is 0. The minimum Gasteiger partial charge on any atom is -0.493 e. The van der Waals surface area contributed by atoms with Gasteiger partial charge in [-0.3, -0.25) is 19.7 Å². The monoisotopic (exact) mass is 497 g/mol. The predicted molar refractivity (Wildman–Crippen MR) is 115 cm³/mol. The first-order valence-electron chi connectivity index (χ1n) is 10.4. The summed E-state index contributed by atoms with van der Waals surface area (Å²) in [4.78, 5) is 39.1. The number of rotatable bonds is 7. The van der Waals surface area contributed by atoms with E-state index in [1.54, 1.807) is 12.1 Å². The van der Waals surface area contributed by atoms with Crippen LogP contribution in [0.25, 0.3) is 11.1 Å².